The maximum absolute atomic E-state index is 13.0. The molecule has 0 aliphatic carbocycles. The minimum Gasteiger partial charge on any atom is -0.383 e. The Morgan fingerprint density at radius 1 is 1.07 bits per heavy atom. The van der Waals surface area contributed by atoms with Crippen LogP contribution >= 0.6 is 0 Å². The van der Waals surface area contributed by atoms with Crippen LogP contribution in [0.25, 0.3) is 0 Å². The molecule has 2 aromatic rings. The lowest BCUT2D eigenvalue weighted by Gasteiger charge is -2.31. The van der Waals surface area contributed by atoms with Crippen LogP contribution in [0.2, 0.25) is 0 Å². The van der Waals surface area contributed by atoms with Gasteiger partial charge in [-0.15, -0.1) is 0 Å². The van der Waals surface area contributed by atoms with E-state index in [9.17, 15) is 4.79 Å². The molecule has 0 aromatic heterocycles. The Morgan fingerprint density at radius 2 is 1.70 bits per heavy atom. The summed E-state index contributed by atoms with van der Waals surface area (Å²) < 4.78 is 5.20. The molecule has 0 bridgehead atoms. The van der Waals surface area contributed by atoms with Crippen LogP contribution in [0.15, 0.2) is 60.7 Å². The van der Waals surface area contributed by atoms with Crippen molar-refractivity contribution in [2.45, 2.75) is 18.0 Å². The number of carbonyl (C=O) groups is 1. The number of nitrogens with one attached hydrogen (secondary N) is 1. The molecule has 1 atom stereocenters. The molecule has 2 aliphatic rings. The van der Waals surface area contributed by atoms with Gasteiger partial charge in [0.1, 0.15) is 5.54 Å². The summed E-state index contributed by atoms with van der Waals surface area (Å²) in [4.78, 5) is 17.4. The monoisotopic (exact) mass is 365 g/mol. The van der Waals surface area contributed by atoms with Crippen molar-refractivity contribution in [3.05, 3.63) is 71.8 Å². The van der Waals surface area contributed by atoms with Crippen molar-refractivity contribution < 1.29 is 9.53 Å². The maximum Gasteiger partial charge on any atom is 0.318 e. The van der Waals surface area contributed by atoms with E-state index in [0.717, 1.165) is 43.8 Å². The van der Waals surface area contributed by atoms with E-state index in [1.165, 1.54) is 0 Å². The first-order chi connectivity index (χ1) is 13.2. The van der Waals surface area contributed by atoms with E-state index in [4.69, 9.17) is 4.74 Å². The molecule has 0 spiro atoms. The maximum atomic E-state index is 13.0. The zero-order chi connectivity index (χ0) is 18.7. The zero-order valence-corrected chi connectivity index (χ0v) is 15.8. The Hall–Kier alpha value is -2.37. The largest absolute Gasteiger partial charge is 0.383 e. The van der Waals surface area contributed by atoms with E-state index in [2.05, 4.69) is 34.5 Å². The fourth-order valence-electron chi connectivity index (χ4n) is 4.35. The van der Waals surface area contributed by atoms with Gasteiger partial charge in [0, 0.05) is 32.8 Å². The highest BCUT2D eigenvalue weighted by Crippen LogP contribution is 2.36. The Bertz CT molecular complexity index is 726. The number of urea groups is 1. The summed E-state index contributed by atoms with van der Waals surface area (Å²) in [6.45, 7) is 4.24. The van der Waals surface area contributed by atoms with E-state index in [-0.39, 0.29) is 12.1 Å². The number of hydrogen-bond donors (Lipinski definition) is 1. The molecule has 5 nitrogen and oxygen atoms in total. The van der Waals surface area contributed by atoms with Crippen LogP contribution in [0.1, 0.15) is 17.5 Å². The summed E-state index contributed by atoms with van der Waals surface area (Å²) in [5, 5.41) is 3.33. The van der Waals surface area contributed by atoms with E-state index in [1.807, 2.05) is 41.3 Å². The third-order valence-electron chi connectivity index (χ3n) is 5.82. The van der Waals surface area contributed by atoms with Gasteiger partial charge in [-0.1, -0.05) is 60.7 Å². The highest BCUT2D eigenvalue weighted by atomic mass is 16.5. The zero-order valence-electron chi connectivity index (χ0n) is 15.8. The second-order valence-corrected chi connectivity index (χ2v) is 7.43. The molecule has 2 aliphatic heterocycles. The number of hydrogen-bond acceptors (Lipinski definition) is 3. The van der Waals surface area contributed by atoms with Crippen molar-refractivity contribution in [2.24, 2.45) is 0 Å². The number of carbonyl (C=O) groups excluding carboxylic acids is 1. The van der Waals surface area contributed by atoms with Gasteiger partial charge in [0.05, 0.1) is 13.2 Å². The average molecular weight is 365 g/mol. The summed E-state index contributed by atoms with van der Waals surface area (Å²) in [7, 11) is 1.73. The SMILES string of the molecule is COCCN1CCC(N2CC(c3ccccc3)(c3ccccc3)NC2=O)C1. The number of nitrogens with zero attached hydrogens (tertiary/aromatic N) is 2. The number of benzene rings is 2. The third kappa shape index (κ3) is 3.45. The minimum atomic E-state index is -0.500. The van der Waals surface area contributed by atoms with Gasteiger partial charge in [-0.2, -0.15) is 0 Å². The van der Waals surface area contributed by atoms with Gasteiger partial charge in [0.15, 0.2) is 0 Å². The molecular formula is C22H27N3O2. The average Bonchev–Trinajstić information content (AvgIpc) is 3.33. The van der Waals surface area contributed by atoms with Crippen molar-refractivity contribution >= 4 is 6.03 Å². The standard InChI is InChI=1S/C22H27N3O2/c1-27-15-14-24-13-12-20(16-24)25-17-22(23-21(25)26,18-8-4-2-5-9-18)19-10-6-3-7-11-19/h2-11,20H,12-17H2,1H3,(H,23,26). The van der Waals surface area contributed by atoms with Crippen LogP contribution < -0.4 is 5.32 Å². The molecule has 1 unspecified atom stereocenters. The number of likely N-dealkylation sites (tertiary alicyclic amines) is 1. The van der Waals surface area contributed by atoms with Crippen LogP contribution in [-0.2, 0) is 10.3 Å². The van der Waals surface area contributed by atoms with Crippen LogP contribution in [0.5, 0.6) is 0 Å². The second-order valence-electron chi connectivity index (χ2n) is 7.43. The topological polar surface area (TPSA) is 44.8 Å². The first-order valence-electron chi connectivity index (χ1n) is 9.64. The van der Waals surface area contributed by atoms with Gasteiger partial charge >= 0.3 is 6.03 Å². The Balaban J connectivity index is 1.61. The first-order valence-corrected chi connectivity index (χ1v) is 9.64. The molecule has 0 saturated carbocycles. The second kappa shape index (κ2) is 7.71. The summed E-state index contributed by atoms with van der Waals surface area (Å²) in [6, 6.07) is 20.9. The number of methoxy groups -OCH3 is 1. The quantitative estimate of drug-likeness (QED) is 0.856. The van der Waals surface area contributed by atoms with Gasteiger partial charge < -0.3 is 15.0 Å². The highest BCUT2D eigenvalue weighted by molar-refractivity contribution is 5.80. The van der Waals surface area contributed by atoms with Crippen LogP contribution in [0.3, 0.4) is 0 Å². The first kappa shape index (κ1) is 18.0. The predicted octanol–water partition coefficient (Wildman–Crippen LogP) is 2.68. The molecule has 2 aromatic carbocycles. The van der Waals surface area contributed by atoms with Crippen LogP contribution in [0.4, 0.5) is 4.79 Å². The summed E-state index contributed by atoms with van der Waals surface area (Å²) in [5.41, 5.74) is 1.75. The molecule has 142 valence electrons. The van der Waals surface area contributed by atoms with Crippen LogP contribution in [-0.4, -0.2) is 61.8 Å². The molecule has 0 radical (unpaired) electrons. The van der Waals surface area contributed by atoms with Gasteiger partial charge in [-0.3, -0.25) is 4.90 Å². The molecule has 2 amide bonds. The van der Waals surface area contributed by atoms with E-state index in [1.54, 1.807) is 7.11 Å². The van der Waals surface area contributed by atoms with Crippen LogP contribution in [0, 0.1) is 0 Å². The molecule has 2 fully saturated rings. The van der Waals surface area contributed by atoms with Gasteiger partial charge in [-0.05, 0) is 17.5 Å². The summed E-state index contributed by atoms with van der Waals surface area (Å²) >= 11 is 0. The summed E-state index contributed by atoms with van der Waals surface area (Å²) in [6.07, 6.45) is 1.01. The molecule has 2 saturated heterocycles. The molecular weight excluding hydrogens is 338 g/mol. The number of rotatable bonds is 6. The molecule has 1 N–H and O–H groups in total. The van der Waals surface area contributed by atoms with Crippen molar-refractivity contribution in [3.8, 4) is 0 Å². The van der Waals surface area contributed by atoms with Gasteiger partial charge in [0.25, 0.3) is 0 Å². The molecule has 4 rings (SSSR count). The van der Waals surface area contributed by atoms with Gasteiger partial charge in [-0.25, -0.2) is 4.79 Å². The minimum absolute atomic E-state index is 0.0290. The molecule has 27 heavy (non-hydrogen) atoms. The number of ether oxygens (including phenoxy) is 1. The smallest absolute Gasteiger partial charge is 0.318 e. The normalized spacial score (nSPS) is 22.2. The van der Waals surface area contributed by atoms with Crippen molar-refractivity contribution in [2.75, 3.05) is 39.9 Å². The Morgan fingerprint density at radius 3 is 2.30 bits per heavy atom. The highest BCUT2D eigenvalue weighted by Gasteiger charge is 2.48. The fraction of sp³-hybridized carbons (Fsp3) is 0.409. The lowest BCUT2D eigenvalue weighted by molar-refractivity contribution is 0.154. The lowest BCUT2D eigenvalue weighted by Crippen LogP contribution is -2.41. The molecule has 5 heteroatoms. The third-order valence-corrected chi connectivity index (χ3v) is 5.82. The number of amides is 2. The fourth-order valence-corrected chi connectivity index (χ4v) is 4.35. The summed E-state index contributed by atoms with van der Waals surface area (Å²) in [5.74, 6) is 0. The lowest BCUT2D eigenvalue weighted by atomic mass is 9.83. The van der Waals surface area contributed by atoms with Gasteiger partial charge in [0.2, 0.25) is 0 Å². The van der Waals surface area contributed by atoms with Crippen molar-refractivity contribution in [3.63, 3.8) is 0 Å². The molecule has 2 heterocycles. The van der Waals surface area contributed by atoms with Crippen molar-refractivity contribution in [1.29, 1.82) is 0 Å². The van der Waals surface area contributed by atoms with E-state index < -0.39 is 5.54 Å². The van der Waals surface area contributed by atoms with E-state index in [0.29, 0.717) is 6.54 Å². The Labute approximate surface area is 160 Å². The van der Waals surface area contributed by atoms with E-state index >= 15 is 0 Å². The predicted molar refractivity (Wildman–Crippen MR) is 106 cm³/mol. The Kier molecular flexibility index (Phi) is 5.14. The van der Waals surface area contributed by atoms with Crippen molar-refractivity contribution in [1.82, 2.24) is 15.1 Å².